The molecule has 0 aliphatic carbocycles. The Hall–Kier alpha value is 3.85. The van der Waals surface area contributed by atoms with E-state index in [1.54, 1.807) is 0 Å². The average Bonchev–Trinajstić information content (AvgIpc) is 2.48. The number of phenols is 1. The van der Waals surface area contributed by atoms with Crippen molar-refractivity contribution in [3.8, 4) is 11.5 Å². The van der Waals surface area contributed by atoms with E-state index in [1.165, 1.54) is 0 Å². The molecule has 0 bridgehead atoms. The van der Waals surface area contributed by atoms with Crippen LogP contribution in [-0.4, -0.2) is 42.0 Å². The number of hydrogen-bond acceptors (Lipinski definition) is 8. The predicted octanol–water partition coefficient (Wildman–Crippen LogP) is -7.07. The van der Waals surface area contributed by atoms with Gasteiger partial charge in [-0.1, -0.05) is 52.2 Å². The van der Waals surface area contributed by atoms with Crippen LogP contribution < -0.4 is 159 Å². The molecule has 0 aliphatic heterocycles. The van der Waals surface area contributed by atoms with Crippen LogP contribution in [0, 0.1) is 0 Å². The van der Waals surface area contributed by atoms with Crippen molar-refractivity contribution in [3.05, 3.63) is 44.4 Å². The van der Waals surface area contributed by atoms with Crippen molar-refractivity contribution in [1.29, 1.82) is 0 Å². The maximum atomic E-state index is 10.9. The van der Waals surface area contributed by atoms with Gasteiger partial charge in [0.25, 0.3) is 10.1 Å². The maximum Gasteiger partial charge on any atom is 1.00 e. The van der Waals surface area contributed by atoms with Crippen molar-refractivity contribution in [2.75, 3.05) is 0 Å². The molecule has 31 heavy (non-hydrogen) atoms. The van der Waals surface area contributed by atoms with Gasteiger partial charge in [0, 0.05) is 10.0 Å². The van der Waals surface area contributed by atoms with Crippen molar-refractivity contribution < 1.29 is 201 Å². The summed E-state index contributed by atoms with van der Waals surface area (Å²) in [5.74, 6) is -1.12. The summed E-state index contributed by atoms with van der Waals surface area (Å²) in [6, 6.07) is 3.35. The molecule has 19 heteroatoms. The Morgan fingerprint density at radius 3 is 1.29 bits per heavy atom. The van der Waals surface area contributed by atoms with Crippen LogP contribution in [0.2, 0.25) is 20.1 Å². The molecule has 0 aliphatic rings. The van der Waals surface area contributed by atoms with Crippen LogP contribution in [0.1, 0.15) is 0 Å². The van der Waals surface area contributed by atoms with Gasteiger partial charge in [-0.3, -0.25) is 4.55 Å². The fourth-order valence-corrected chi connectivity index (χ4v) is 3.66. The van der Waals surface area contributed by atoms with Crippen molar-refractivity contribution in [2.45, 2.75) is 9.79 Å². The molecule has 0 radical (unpaired) electrons. The molecule has 5 N–H and O–H groups in total. The number of phenolic OH excluding ortho intramolecular Hbond substituents is 1. The molecule has 0 saturated heterocycles. The fourth-order valence-electron chi connectivity index (χ4n) is 1.37. The molecule has 0 aromatic heterocycles. The number of benzene rings is 2. The van der Waals surface area contributed by atoms with Gasteiger partial charge in [-0.25, -0.2) is 8.42 Å². The second-order valence-electron chi connectivity index (χ2n) is 4.38. The first-order valence-electron chi connectivity index (χ1n) is 5.92. The van der Waals surface area contributed by atoms with E-state index in [9.17, 15) is 26.5 Å². The summed E-state index contributed by atoms with van der Waals surface area (Å²) in [5, 5.41) is 18.7. The molecule has 0 amide bonds. The summed E-state index contributed by atoms with van der Waals surface area (Å²) < 4.78 is 61.2. The third-order valence-corrected chi connectivity index (χ3v) is 5.33. The van der Waals surface area contributed by atoms with Gasteiger partial charge in [-0.05, 0) is 24.3 Å². The number of rotatable bonds is 2. The molecule has 2 rings (SSSR count). The molecule has 160 valence electrons. The molecule has 0 spiro atoms. The smallest absolute Gasteiger partial charge is 0.870 e. The summed E-state index contributed by atoms with van der Waals surface area (Å²) >= 11 is 21.5. The van der Waals surface area contributed by atoms with Crippen LogP contribution in [0.15, 0.2) is 34.1 Å². The summed E-state index contributed by atoms with van der Waals surface area (Å²) in [5.41, 5.74) is 0. The molecule has 0 saturated carbocycles. The van der Waals surface area contributed by atoms with E-state index in [0.29, 0.717) is 0 Å². The summed E-state index contributed by atoms with van der Waals surface area (Å²) in [6.45, 7) is 0. The minimum absolute atomic E-state index is 0. The molecule has 0 unspecified atom stereocenters. The van der Waals surface area contributed by atoms with E-state index in [4.69, 9.17) is 56.1 Å². The Balaban J connectivity index is -0.000000125. The third-order valence-electron chi connectivity index (χ3n) is 2.55. The first-order chi connectivity index (χ1) is 11.6. The van der Waals surface area contributed by atoms with Crippen molar-refractivity contribution in [3.63, 3.8) is 0 Å². The molecular formula is C12H9Cl4K3O10S2. The Kier molecular flexibility index (Phi) is 27.5. The number of aromatic hydroxyl groups is 1. The fraction of sp³-hybridized carbons (Fsp3) is 0. The van der Waals surface area contributed by atoms with Crippen LogP contribution in [0.4, 0.5) is 0 Å². The van der Waals surface area contributed by atoms with Gasteiger partial charge in [0.2, 0.25) is 0 Å². The zero-order valence-corrected chi connectivity index (χ0v) is 30.0. The van der Waals surface area contributed by atoms with E-state index in [2.05, 4.69) is 0 Å². The summed E-state index contributed by atoms with van der Waals surface area (Å²) in [7, 11) is -8.97. The van der Waals surface area contributed by atoms with Gasteiger partial charge in [0.1, 0.15) is 10.1 Å². The summed E-state index contributed by atoms with van der Waals surface area (Å²) in [4.78, 5) is -1.07. The van der Waals surface area contributed by atoms with E-state index >= 15 is 0 Å². The Bertz CT molecular complexity index is 937. The quantitative estimate of drug-likeness (QED) is 0.236. The average molecular weight is 636 g/mol. The second-order valence-corrected chi connectivity index (χ2v) is 8.81. The van der Waals surface area contributed by atoms with E-state index < -0.39 is 41.5 Å². The second kappa shape index (κ2) is 19.0. The maximum absolute atomic E-state index is 10.9. The standard InChI is InChI=1S/2C6H4Cl2O4S.3K.2H2O/c2*7-4-1-3(13(10,11)12)2-5(8)6(4)9;;;;;/h2*1-2,9H,(H,10,11,12);;;;2*1H2/q;;3*+1;;/p-3. The largest absolute Gasteiger partial charge is 1.00 e. The van der Waals surface area contributed by atoms with Gasteiger partial charge in [-0.15, -0.1) is 0 Å². The van der Waals surface area contributed by atoms with Crippen LogP contribution in [0.3, 0.4) is 0 Å². The monoisotopic (exact) mass is 634 g/mol. The van der Waals surface area contributed by atoms with Crippen LogP contribution >= 0.6 is 46.4 Å². The van der Waals surface area contributed by atoms with E-state index in [-0.39, 0.29) is 185 Å². The van der Waals surface area contributed by atoms with Gasteiger partial charge in [0.05, 0.1) is 19.8 Å². The van der Waals surface area contributed by atoms with Crippen molar-refractivity contribution in [2.24, 2.45) is 0 Å². The zero-order valence-electron chi connectivity index (χ0n) is 15.9. The number of halogens is 4. The Labute approximate surface area is 325 Å². The van der Waals surface area contributed by atoms with Gasteiger partial charge in [-0.2, -0.15) is 8.42 Å². The van der Waals surface area contributed by atoms with E-state index in [1.807, 2.05) is 0 Å². The minimum Gasteiger partial charge on any atom is -0.870 e. The topological polar surface area (TPSA) is 216 Å². The van der Waals surface area contributed by atoms with Gasteiger partial charge < -0.3 is 25.7 Å². The van der Waals surface area contributed by atoms with Crippen molar-refractivity contribution >= 4 is 66.6 Å². The van der Waals surface area contributed by atoms with Crippen LogP contribution in [0.5, 0.6) is 11.5 Å². The number of hydrogen-bond donors (Lipinski definition) is 2. The van der Waals surface area contributed by atoms with Gasteiger partial charge in [0.15, 0.2) is 5.75 Å². The molecule has 2 aromatic carbocycles. The molecule has 0 fully saturated rings. The van der Waals surface area contributed by atoms with E-state index in [0.717, 1.165) is 24.3 Å². The SMILES string of the molecule is O.O=S(=O)(O)c1cc(Cl)c(O)c(Cl)c1.O=S(=O)([O-])c1cc(Cl)c([O-])c(Cl)c1.[K+].[K+].[K+].[OH-]. The summed E-state index contributed by atoms with van der Waals surface area (Å²) in [6.07, 6.45) is 0. The molecule has 0 heterocycles. The Morgan fingerprint density at radius 1 is 0.742 bits per heavy atom. The Morgan fingerprint density at radius 2 is 1.03 bits per heavy atom. The molecule has 2 aromatic rings. The first kappa shape index (κ1) is 44.8. The first-order valence-corrected chi connectivity index (χ1v) is 10.3. The van der Waals surface area contributed by atoms with Crippen LogP contribution in [-0.2, 0) is 20.2 Å². The minimum atomic E-state index is -4.62. The molecular weight excluding hydrogens is 627 g/mol. The van der Waals surface area contributed by atoms with Crippen LogP contribution in [0.25, 0.3) is 0 Å². The third kappa shape index (κ3) is 15.0. The molecule has 0 atom stereocenters. The molecule has 10 nitrogen and oxygen atoms in total. The van der Waals surface area contributed by atoms with Crippen molar-refractivity contribution in [1.82, 2.24) is 0 Å². The normalized spacial score (nSPS) is 9.74. The predicted molar refractivity (Wildman–Crippen MR) is 97.4 cm³/mol. The van der Waals surface area contributed by atoms with Gasteiger partial charge >= 0.3 is 154 Å². The zero-order chi connectivity index (χ0) is 20.4.